The number of benzene rings is 3. The van der Waals surface area contributed by atoms with Crippen LogP contribution in [-0.2, 0) is 11.2 Å². The smallest absolute Gasteiger partial charge is 0.163 e. The van der Waals surface area contributed by atoms with Crippen molar-refractivity contribution in [3.63, 3.8) is 0 Å². The molecule has 0 bridgehead atoms. The predicted molar refractivity (Wildman–Crippen MR) is 112 cm³/mol. The number of hydrogen-bond donors (Lipinski definition) is 1. The summed E-state index contributed by atoms with van der Waals surface area (Å²) in [6.07, 6.45) is 3.81. The zero-order chi connectivity index (χ0) is 19.3. The van der Waals surface area contributed by atoms with Gasteiger partial charge in [-0.05, 0) is 34.9 Å². The fraction of sp³-hybridized carbons (Fsp3) is 0.208. The number of allylic oxidation sites excluding steroid dienone is 2. The molecule has 0 aromatic heterocycles. The Hall–Kier alpha value is -3.27. The zero-order valence-corrected chi connectivity index (χ0v) is 15.9. The zero-order valence-electron chi connectivity index (χ0n) is 15.9. The minimum Gasteiger partial charge on any atom is -0.493 e. The fourth-order valence-electron chi connectivity index (χ4n) is 3.53. The fourth-order valence-corrected chi connectivity index (χ4v) is 3.53. The Morgan fingerprint density at radius 1 is 0.964 bits per heavy atom. The van der Waals surface area contributed by atoms with Gasteiger partial charge < -0.3 is 14.8 Å². The van der Waals surface area contributed by atoms with Crippen LogP contribution in [0.2, 0.25) is 0 Å². The summed E-state index contributed by atoms with van der Waals surface area (Å²) in [6, 6.07) is 20.5. The lowest BCUT2D eigenvalue weighted by atomic mass is 10.0. The molecule has 28 heavy (non-hydrogen) atoms. The van der Waals surface area contributed by atoms with Crippen LogP contribution in [0.1, 0.15) is 18.4 Å². The summed E-state index contributed by atoms with van der Waals surface area (Å²) in [5.74, 6) is 1.56. The van der Waals surface area contributed by atoms with E-state index in [0.29, 0.717) is 24.5 Å². The first kappa shape index (κ1) is 18.1. The van der Waals surface area contributed by atoms with Crippen LogP contribution in [0.5, 0.6) is 11.5 Å². The second kappa shape index (κ2) is 8.17. The molecule has 4 nitrogen and oxygen atoms in total. The molecule has 0 saturated heterocycles. The van der Waals surface area contributed by atoms with Crippen LogP contribution in [0.15, 0.2) is 72.4 Å². The van der Waals surface area contributed by atoms with Crippen LogP contribution in [0.25, 0.3) is 10.8 Å². The third-order valence-electron chi connectivity index (χ3n) is 4.95. The predicted octanol–water partition coefficient (Wildman–Crippen LogP) is 5.13. The number of fused-ring (bicyclic) bond motifs is 1. The molecule has 1 aliphatic rings. The Morgan fingerprint density at radius 2 is 1.82 bits per heavy atom. The van der Waals surface area contributed by atoms with Gasteiger partial charge in [0.25, 0.3) is 0 Å². The van der Waals surface area contributed by atoms with Gasteiger partial charge in [-0.2, -0.15) is 0 Å². The van der Waals surface area contributed by atoms with Crippen LogP contribution >= 0.6 is 0 Å². The molecular formula is C24H23NO3. The van der Waals surface area contributed by atoms with Crippen molar-refractivity contribution in [2.75, 3.05) is 19.0 Å². The van der Waals surface area contributed by atoms with Gasteiger partial charge in [-0.3, -0.25) is 4.79 Å². The number of ether oxygens (including phenoxy) is 2. The molecule has 4 heteroatoms. The average molecular weight is 373 g/mol. The molecular weight excluding hydrogens is 350 g/mol. The molecule has 0 heterocycles. The van der Waals surface area contributed by atoms with Crippen LogP contribution in [0.4, 0.5) is 5.69 Å². The lowest BCUT2D eigenvalue weighted by Crippen LogP contribution is -2.04. The van der Waals surface area contributed by atoms with Crippen molar-refractivity contribution in [1.29, 1.82) is 0 Å². The molecule has 0 amide bonds. The molecule has 0 saturated carbocycles. The first-order valence-electron chi connectivity index (χ1n) is 9.51. The Balaban J connectivity index is 1.46. The lowest BCUT2D eigenvalue weighted by Gasteiger charge is -2.14. The highest BCUT2D eigenvalue weighted by Crippen LogP contribution is 2.32. The van der Waals surface area contributed by atoms with E-state index < -0.39 is 0 Å². The number of carbonyl (C=O) groups excluding carboxylic acids is 1. The van der Waals surface area contributed by atoms with E-state index in [-0.39, 0.29) is 5.78 Å². The van der Waals surface area contributed by atoms with Crippen molar-refractivity contribution in [3.05, 3.63) is 78.0 Å². The average Bonchev–Trinajstić information content (AvgIpc) is 3.13. The minimum absolute atomic E-state index is 0.169. The maximum atomic E-state index is 11.4. The molecule has 0 fully saturated rings. The van der Waals surface area contributed by atoms with E-state index in [4.69, 9.17) is 9.47 Å². The van der Waals surface area contributed by atoms with Crippen molar-refractivity contribution in [2.45, 2.75) is 19.3 Å². The molecule has 4 rings (SSSR count). The summed E-state index contributed by atoms with van der Waals surface area (Å²) >= 11 is 0. The monoisotopic (exact) mass is 373 g/mol. The number of hydrogen-bond acceptors (Lipinski definition) is 4. The summed E-state index contributed by atoms with van der Waals surface area (Å²) in [6.45, 7) is 0.551. The van der Waals surface area contributed by atoms with Crippen LogP contribution in [0, 0.1) is 0 Å². The van der Waals surface area contributed by atoms with Gasteiger partial charge in [0.05, 0.1) is 13.7 Å². The normalized spacial score (nSPS) is 13.5. The van der Waals surface area contributed by atoms with Gasteiger partial charge in [-0.25, -0.2) is 0 Å². The number of carbonyl (C=O) groups is 1. The minimum atomic E-state index is 0.169. The highest BCUT2D eigenvalue weighted by Gasteiger charge is 2.13. The molecule has 1 aliphatic carbocycles. The van der Waals surface area contributed by atoms with Crippen molar-refractivity contribution in [1.82, 2.24) is 0 Å². The van der Waals surface area contributed by atoms with Gasteiger partial charge in [-0.15, -0.1) is 0 Å². The Kier molecular flexibility index (Phi) is 5.29. The SMILES string of the molecule is COc1ccc(NC2=CC(=O)CC2)cc1OCCc1cccc2ccccc12. The Morgan fingerprint density at radius 3 is 2.64 bits per heavy atom. The van der Waals surface area contributed by atoms with Gasteiger partial charge in [0, 0.05) is 36.4 Å². The highest BCUT2D eigenvalue weighted by atomic mass is 16.5. The van der Waals surface area contributed by atoms with E-state index in [1.54, 1.807) is 13.2 Å². The summed E-state index contributed by atoms with van der Waals surface area (Å²) < 4.78 is 11.5. The summed E-state index contributed by atoms with van der Waals surface area (Å²) in [7, 11) is 1.64. The van der Waals surface area contributed by atoms with E-state index in [1.165, 1.54) is 16.3 Å². The van der Waals surface area contributed by atoms with E-state index in [2.05, 4.69) is 47.8 Å². The summed E-state index contributed by atoms with van der Waals surface area (Å²) in [5, 5.41) is 5.80. The standard InChI is InChI=1S/C24H23NO3/c1-27-23-12-10-20(25-19-9-11-21(26)15-19)16-24(23)28-14-13-18-7-4-6-17-5-2-3-8-22(17)18/h2-8,10,12,15-16,25H,9,11,13-14H2,1H3. The molecule has 142 valence electrons. The number of methoxy groups -OCH3 is 1. The molecule has 0 radical (unpaired) electrons. The number of nitrogens with one attached hydrogen (secondary N) is 1. The quantitative estimate of drug-likeness (QED) is 0.624. The molecule has 1 N–H and O–H groups in total. The third-order valence-corrected chi connectivity index (χ3v) is 4.95. The van der Waals surface area contributed by atoms with Crippen molar-refractivity contribution in [3.8, 4) is 11.5 Å². The van der Waals surface area contributed by atoms with E-state index in [9.17, 15) is 4.79 Å². The second-order valence-electron chi connectivity index (χ2n) is 6.86. The Bertz CT molecular complexity index is 1030. The van der Waals surface area contributed by atoms with Gasteiger partial charge in [0.1, 0.15) is 0 Å². The van der Waals surface area contributed by atoms with Gasteiger partial charge in [0.15, 0.2) is 17.3 Å². The highest BCUT2D eigenvalue weighted by molar-refractivity contribution is 5.93. The molecule has 0 atom stereocenters. The van der Waals surface area contributed by atoms with Crippen LogP contribution in [-0.4, -0.2) is 19.5 Å². The number of rotatable bonds is 7. The van der Waals surface area contributed by atoms with E-state index in [1.807, 2.05) is 18.2 Å². The van der Waals surface area contributed by atoms with E-state index in [0.717, 1.165) is 24.2 Å². The molecule has 3 aromatic carbocycles. The molecule has 3 aromatic rings. The number of anilines is 1. The second-order valence-corrected chi connectivity index (χ2v) is 6.86. The van der Waals surface area contributed by atoms with Gasteiger partial charge >= 0.3 is 0 Å². The third kappa shape index (κ3) is 4.01. The topological polar surface area (TPSA) is 47.6 Å². The summed E-state index contributed by atoms with van der Waals surface area (Å²) in [5.41, 5.74) is 3.10. The van der Waals surface area contributed by atoms with Crippen LogP contribution in [0.3, 0.4) is 0 Å². The van der Waals surface area contributed by atoms with Gasteiger partial charge in [-0.1, -0.05) is 42.5 Å². The van der Waals surface area contributed by atoms with Crippen molar-refractivity contribution < 1.29 is 14.3 Å². The molecule has 0 spiro atoms. The first-order valence-corrected chi connectivity index (χ1v) is 9.51. The van der Waals surface area contributed by atoms with Crippen molar-refractivity contribution >= 4 is 22.2 Å². The van der Waals surface area contributed by atoms with Crippen LogP contribution < -0.4 is 14.8 Å². The Labute approximate surface area is 164 Å². The van der Waals surface area contributed by atoms with Gasteiger partial charge in [0.2, 0.25) is 0 Å². The molecule has 0 aliphatic heterocycles. The summed E-state index contributed by atoms with van der Waals surface area (Å²) in [4.78, 5) is 11.4. The molecule has 0 unspecified atom stereocenters. The number of ketones is 1. The largest absolute Gasteiger partial charge is 0.493 e. The maximum absolute atomic E-state index is 11.4. The van der Waals surface area contributed by atoms with E-state index >= 15 is 0 Å². The first-order chi connectivity index (χ1) is 13.7. The van der Waals surface area contributed by atoms with Crippen molar-refractivity contribution in [2.24, 2.45) is 0 Å². The maximum Gasteiger partial charge on any atom is 0.163 e. The lowest BCUT2D eigenvalue weighted by molar-refractivity contribution is -0.114.